The molecule has 94 valence electrons. The van der Waals surface area contributed by atoms with E-state index in [1.165, 1.54) is 0 Å². The van der Waals surface area contributed by atoms with Gasteiger partial charge in [-0.2, -0.15) is 0 Å². The molecule has 0 saturated carbocycles. The van der Waals surface area contributed by atoms with Crippen LogP contribution in [0.1, 0.15) is 19.4 Å². The molecular weight excluding hydrogens is 236 g/mol. The second-order valence-corrected chi connectivity index (χ2v) is 5.05. The first kappa shape index (κ1) is 12.7. The number of halogens is 1. The van der Waals surface area contributed by atoms with Gasteiger partial charge in [0.2, 0.25) is 0 Å². The Bertz CT molecular complexity index is 387. The van der Waals surface area contributed by atoms with Gasteiger partial charge < -0.3 is 15.4 Å². The van der Waals surface area contributed by atoms with Gasteiger partial charge >= 0.3 is 0 Å². The quantitative estimate of drug-likeness (QED) is 0.881. The Morgan fingerprint density at radius 2 is 2.00 bits per heavy atom. The smallest absolute Gasteiger partial charge is 0.0726 e. The van der Waals surface area contributed by atoms with E-state index in [2.05, 4.69) is 24.8 Å². The van der Waals surface area contributed by atoms with Gasteiger partial charge in [0.05, 0.1) is 12.2 Å². The maximum absolute atomic E-state index is 6.18. The van der Waals surface area contributed by atoms with Crippen molar-refractivity contribution in [2.75, 3.05) is 18.0 Å². The summed E-state index contributed by atoms with van der Waals surface area (Å²) >= 11 is 6.18. The third-order valence-electron chi connectivity index (χ3n) is 3.04. The van der Waals surface area contributed by atoms with Gasteiger partial charge in [-0.3, -0.25) is 0 Å². The highest BCUT2D eigenvalue weighted by molar-refractivity contribution is 6.31. The molecule has 1 aliphatic rings. The fourth-order valence-electron chi connectivity index (χ4n) is 2.29. The van der Waals surface area contributed by atoms with Crippen molar-refractivity contribution in [3.8, 4) is 0 Å². The van der Waals surface area contributed by atoms with Crippen molar-refractivity contribution < 1.29 is 4.74 Å². The van der Waals surface area contributed by atoms with Crippen molar-refractivity contribution in [1.82, 2.24) is 0 Å². The molecule has 2 unspecified atom stereocenters. The molecule has 2 atom stereocenters. The van der Waals surface area contributed by atoms with Crippen LogP contribution < -0.4 is 10.6 Å². The van der Waals surface area contributed by atoms with Gasteiger partial charge in [-0.05, 0) is 31.5 Å². The molecule has 0 spiro atoms. The van der Waals surface area contributed by atoms with Crippen LogP contribution in [0.2, 0.25) is 5.02 Å². The molecule has 2 rings (SSSR count). The van der Waals surface area contributed by atoms with Crippen molar-refractivity contribution in [3.05, 3.63) is 28.8 Å². The lowest BCUT2D eigenvalue weighted by atomic mass is 10.1. The lowest BCUT2D eigenvalue weighted by Crippen LogP contribution is -2.45. The van der Waals surface area contributed by atoms with E-state index in [0.717, 1.165) is 29.4 Å². The van der Waals surface area contributed by atoms with Gasteiger partial charge in [-0.25, -0.2) is 0 Å². The van der Waals surface area contributed by atoms with Crippen molar-refractivity contribution in [1.29, 1.82) is 0 Å². The summed E-state index contributed by atoms with van der Waals surface area (Å²) < 4.78 is 5.72. The van der Waals surface area contributed by atoms with Crippen LogP contribution in [0.3, 0.4) is 0 Å². The first-order valence-electron chi connectivity index (χ1n) is 5.99. The Balaban J connectivity index is 2.19. The highest BCUT2D eigenvalue weighted by Crippen LogP contribution is 2.26. The van der Waals surface area contributed by atoms with Crippen molar-refractivity contribution in [2.45, 2.75) is 32.6 Å². The minimum absolute atomic E-state index is 0.256. The van der Waals surface area contributed by atoms with Gasteiger partial charge in [-0.15, -0.1) is 0 Å². The second-order valence-electron chi connectivity index (χ2n) is 4.64. The molecule has 1 heterocycles. The average molecular weight is 255 g/mol. The van der Waals surface area contributed by atoms with E-state index in [4.69, 9.17) is 22.1 Å². The Labute approximate surface area is 107 Å². The van der Waals surface area contributed by atoms with E-state index in [0.29, 0.717) is 6.54 Å². The predicted octanol–water partition coefficient (Wildman–Crippen LogP) is 2.41. The van der Waals surface area contributed by atoms with Crippen LogP contribution in [0.15, 0.2) is 18.2 Å². The predicted molar refractivity (Wildman–Crippen MR) is 71.6 cm³/mol. The zero-order valence-corrected chi connectivity index (χ0v) is 11.1. The van der Waals surface area contributed by atoms with Gasteiger partial charge in [-0.1, -0.05) is 17.7 Å². The van der Waals surface area contributed by atoms with E-state index < -0.39 is 0 Å². The average Bonchev–Trinajstić information content (AvgIpc) is 2.27. The van der Waals surface area contributed by atoms with Crippen LogP contribution in [0.5, 0.6) is 0 Å². The standard InChI is InChI=1S/C13H19ClN2O/c1-9-7-16(8-10(2)17-9)12-4-3-11(6-15)13(14)5-12/h3-5,9-10H,6-8,15H2,1-2H3. The Hall–Kier alpha value is -0.770. The molecule has 3 nitrogen and oxygen atoms in total. The minimum atomic E-state index is 0.256. The number of ether oxygens (including phenoxy) is 1. The van der Waals surface area contributed by atoms with Crippen LogP contribution in [-0.2, 0) is 11.3 Å². The summed E-state index contributed by atoms with van der Waals surface area (Å²) in [4.78, 5) is 2.31. The number of hydrogen-bond acceptors (Lipinski definition) is 3. The Morgan fingerprint density at radius 1 is 1.35 bits per heavy atom. The number of hydrogen-bond donors (Lipinski definition) is 1. The van der Waals surface area contributed by atoms with Crippen molar-refractivity contribution in [3.63, 3.8) is 0 Å². The van der Waals surface area contributed by atoms with Crippen LogP contribution in [0.25, 0.3) is 0 Å². The zero-order valence-electron chi connectivity index (χ0n) is 10.3. The van der Waals surface area contributed by atoms with Gasteiger partial charge in [0.1, 0.15) is 0 Å². The molecule has 0 amide bonds. The summed E-state index contributed by atoms with van der Waals surface area (Å²) in [5.74, 6) is 0. The molecule has 1 fully saturated rings. The first-order chi connectivity index (χ1) is 8.10. The maximum atomic E-state index is 6.18. The van der Waals surface area contributed by atoms with Crippen LogP contribution in [0.4, 0.5) is 5.69 Å². The largest absolute Gasteiger partial charge is 0.372 e. The zero-order chi connectivity index (χ0) is 12.4. The molecule has 0 aliphatic carbocycles. The molecule has 17 heavy (non-hydrogen) atoms. The Morgan fingerprint density at radius 3 is 2.53 bits per heavy atom. The lowest BCUT2D eigenvalue weighted by molar-refractivity contribution is -0.00521. The summed E-state index contributed by atoms with van der Waals surface area (Å²) in [7, 11) is 0. The normalized spacial score (nSPS) is 25.1. The highest BCUT2D eigenvalue weighted by atomic mass is 35.5. The molecule has 0 radical (unpaired) electrons. The van der Waals surface area contributed by atoms with Gasteiger partial charge in [0.15, 0.2) is 0 Å². The van der Waals surface area contributed by atoms with Gasteiger partial charge in [0, 0.05) is 30.3 Å². The van der Waals surface area contributed by atoms with Crippen LogP contribution in [0, 0.1) is 0 Å². The lowest BCUT2D eigenvalue weighted by Gasteiger charge is -2.37. The van der Waals surface area contributed by atoms with Crippen molar-refractivity contribution in [2.24, 2.45) is 5.73 Å². The number of benzene rings is 1. The summed E-state index contributed by atoms with van der Waals surface area (Å²) in [5, 5.41) is 0.747. The number of anilines is 1. The molecule has 0 aromatic heterocycles. The van der Waals surface area contributed by atoms with Gasteiger partial charge in [0.25, 0.3) is 0 Å². The number of nitrogens with zero attached hydrogens (tertiary/aromatic N) is 1. The Kier molecular flexibility index (Phi) is 3.92. The van der Waals surface area contributed by atoms with E-state index in [-0.39, 0.29) is 12.2 Å². The molecule has 2 N–H and O–H groups in total. The molecular formula is C13H19ClN2O. The molecule has 1 aliphatic heterocycles. The maximum Gasteiger partial charge on any atom is 0.0726 e. The first-order valence-corrected chi connectivity index (χ1v) is 6.37. The monoisotopic (exact) mass is 254 g/mol. The van der Waals surface area contributed by atoms with E-state index in [9.17, 15) is 0 Å². The number of nitrogens with two attached hydrogens (primary N) is 1. The SMILES string of the molecule is CC1CN(c2ccc(CN)c(Cl)c2)CC(C)O1. The minimum Gasteiger partial charge on any atom is -0.372 e. The van der Waals surface area contributed by atoms with E-state index >= 15 is 0 Å². The summed E-state index contributed by atoms with van der Waals surface area (Å²) in [6.07, 6.45) is 0.512. The van der Waals surface area contributed by atoms with E-state index in [1.807, 2.05) is 12.1 Å². The van der Waals surface area contributed by atoms with Crippen molar-refractivity contribution >= 4 is 17.3 Å². The number of rotatable bonds is 2. The fraction of sp³-hybridized carbons (Fsp3) is 0.538. The molecule has 4 heteroatoms. The highest BCUT2D eigenvalue weighted by Gasteiger charge is 2.22. The number of morpholine rings is 1. The summed E-state index contributed by atoms with van der Waals surface area (Å²) in [6, 6.07) is 6.08. The third kappa shape index (κ3) is 2.92. The third-order valence-corrected chi connectivity index (χ3v) is 3.39. The molecule has 1 aromatic rings. The molecule has 1 saturated heterocycles. The van der Waals surface area contributed by atoms with Crippen LogP contribution >= 0.6 is 11.6 Å². The van der Waals surface area contributed by atoms with Crippen LogP contribution in [-0.4, -0.2) is 25.3 Å². The topological polar surface area (TPSA) is 38.5 Å². The van der Waals surface area contributed by atoms with E-state index in [1.54, 1.807) is 0 Å². The molecule has 1 aromatic carbocycles. The fourth-order valence-corrected chi connectivity index (χ4v) is 2.54. The molecule has 0 bridgehead atoms. The second kappa shape index (κ2) is 5.25. The summed E-state index contributed by atoms with van der Waals surface area (Å²) in [6.45, 7) is 6.48. The summed E-state index contributed by atoms with van der Waals surface area (Å²) in [5.41, 5.74) is 7.74.